The van der Waals surface area contributed by atoms with Crippen LogP contribution in [-0.2, 0) is 4.74 Å². The molecule has 1 aliphatic rings. The van der Waals surface area contributed by atoms with Gasteiger partial charge in [-0.25, -0.2) is 15.0 Å². The Bertz CT molecular complexity index is 574. The van der Waals surface area contributed by atoms with Crippen molar-refractivity contribution in [1.29, 1.82) is 0 Å². The van der Waals surface area contributed by atoms with Gasteiger partial charge in [-0.2, -0.15) is 12.6 Å². The molecule has 0 unspecified atom stereocenters. The van der Waals surface area contributed by atoms with Crippen molar-refractivity contribution in [2.75, 3.05) is 18.1 Å². The van der Waals surface area contributed by atoms with Gasteiger partial charge in [-0.1, -0.05) is 0 Å². The molecule has 0 bridgehead atoms. The van der Waals surface area contributed by atoms with Crippen LogP contribution in [0.25, 0.3) is 11.2 Å². The minimum absolute atomic E-state index is 0.00845. The molecule has 3 heterocycles. The van der Waals surface area contributed by atoms with Gasteiger partial charge in [0.1, 0.15) is 18.1 Å². The highest BCUT2D eigenvalue weighted by Gasteiger charge is 2.43. The number of thiol groups is 1. The van der Waals surface area contributed by atoms with Crippen LogP contribution in [-0.4, -0.2) is 43.1 Å². The second-order valence-electron chi connectivity index (χ2n) is 4.18. The van der Waals surface area contributed by atoms with E-state index in [-0.39, 0.29) is 24.9 Å². The molecule has 3 rings (SSSR count). The van der Waals surface area contributed by atoms with E-state index < -0.39 is 0 Å². The van der Waals surface area contributed by atoms with Crippen LogP contribution < -0.4 is 5.73 Å². The highest BCUT2D eigenvalue weighted by Crippen LogP contribution is 2.39. The Balaban J connectivity index is 1.99. The Morgan fingerprint density at radius 3 is 3.00 bits per heavy atom. The lowest BCUT2D eigenvalue weighted by molar-refractivity contribution is -0.225. The van der Waals surface area contributed by atoms with Gasteiger partial charge >= 0.3 is 0 Å². The summed E-state index contributed by atoms with van der Waals surface area (Å²) in [6, 6.07) is 0. The highest BCUT2D eigenvalue weighted by molar-refractivity contribution is 7.80. The molecule has 96 valence electrons. The number of rotatable bonds is 3. The zero-order valence-electron chi connectivity index (χ0n) is 9.47. The van der Waals surface area contributed by atoms with Gasteiger partial charge in [-0.15, -0.1) is 0 Å². The SMILES string of the molecule is Nc1ncnc2c1ncn2[C@@H]1O[C@H](CO)[C@@H]1CS. The lowest BCUT2D eigenvalue weighted by Crippen LogP contribution is -2.48. The Morgan fingerprint density at radius 2 is 2.28 bits per heavy atom. The zero-order chi connectivity index (χ0) is 12.7. The molecule has 0 spiro atoms. The number of fused-ring (bicyclic) bond motifs is 1. The molecule has 0 radical (unpaired) electrons. The second kappa shape index (κ2) is 4.38. The predicted molar refractivity (Wildman–Crippen MR) is 68.1 cm³/mol. The lowest BCUT2D eigenvalue weighted by Gasteiger charge is -2.43. The van der Waals surface area contributed by atoms with E-state index in [1.54, 1.807) is 10.9 Å². The van der Waals surface area contributed by atoms with Crippen LogP contribution in [0.4, 0.5) is 5.82 Å². The van der Waals surface area contributed by atoms with E-state index in [0.29, 0.717) is 22.7 Å². The minimum Gasteiger partial charge on any atom is -0.394 e. The van der Waals surface area contributed by atoms with Crippen LogP contribution >= 0.6 is 12.6 Å². The molecule has 0 saturated carbocycles. The fraction of sp³-hybridized carbons (Fsp3) is 0.500. The van der Waals surface area contributed by atoms with Gasteiger partial charge in [0.05, 0.1) is 19.0 Å². The van der Waals surface area contributed by atoms with Crippen LogP contribution in [0.3, 0.4) is 0 Å². The summed E-state index contributed by atoms with van der Waals surface area (Å²) in [6.45, 7) is -0.00845. The van der Waals surface area contributed by atoms with Crippen LogP contribution in [0.2, 0.25) is 0 Å². The Kier molecular flexibility index (Phi) is 2.84. The fourth-order valence-corrected chi connectivity index (χ4v) is 2.60. The number of aliphatic hydroxyl groups excluding tert-OH is 1. The maximum atomic E-state index is 9.13. The third-order valence-corrected chi connectivity index (χ3v) is 3.63. The van der Waals surface area contributed by atoms with Gasteiger partial charge in [-0.05, 0) is 5.75 Å². The lowest BCUT2D eigenvalue weighted by atomic mass is 9.96. The summed E-state index contributed by atoms with van der Waals surface area (Å²) in [6.07, 6.45) is 2.64. The minimum atomic E-state index is -0.209. The second-order valence-corrected chi connectivity index (χ2v) is 4.54. The molecule has 2 aromatic heterocycles. The monoisotopic (exact) mass is 267 g/mol. The van der Waals surface area contributed by atoms with Crippen LogP contribution in [0, 0.1) is 5.92 Å². The highest BCUT2D eigenvalue weighted by atomic mass is 32.1. The first-order valence-corrected chi connectivity index (χ1v) is 6.19. The number of anilines is 1. The third kappa shape index (κ3) is 1.57. The normalized spacial score (nSPS) is 27.3. The summed E-state index contributed by atoms with van der Waals surface area (Å²) in [5.74, 6) is 1.10. The summed E-state index contributed by atoms with van der Waals surface area (Å²) in [5.41, 5.74) is 6.92. The average molecular weight is 267 g/mol. The van der Waals surface area contributed by atoms with Crippen molar-refractivity contribution in [3.8, 4) is 0 Å². The van der Waals surface area contributed by atoms with Gasteiger partial charge in [0.15, 0.2) is 11.5 Å². The van der Waals surface area contributed by atoms with Gasteiger partial charge in [0, 0.05) is 5.92 Å². The molecule has 2 aromatic rings. The summed E-state index contributed by atoms with van der Waals surface area (Å²) in [5, 5.41) is 9.13. The largest absolute Gasteiger partial charge is 0.394 e. The van der Waals surface area contributed by atoms with E-state index in [4.69, 9.17) is 15.6 Å². The van der Waals surface area contributed by atoms with Crippen LogP contribution in [0.15, 0.2) is 12.7 Å². The predicted octanol–water partition coefficient (Wildman–Crippen LogP) is -0.156. The number of aliphatic hydroxyl groups is 1. The van der Waals surface area contributed by atoms with Crippen molar-refractivity contribution in [1.82, 2.24) is 19.5 Å². The molecule has 1 aliphatic heterocycles. The molecule has 3 atom stereocenters. The number of hydrogen-bond donors (Lipinski definition) is 3. The van der Waals surface area contributed by atoms with Crippen LogP contribution in [0.5, 0.6) is 0 Å². The first-order valence-electron chi connectivity index (χ1n) is 5.56. The van der Waals surface area contributed by atoms with Gasteiger partial charge in [-0.3, -0.25) is 4.57 Å². The van der Waals surface area contributed by atoms with E-state index in [1.165, 1.54) is 6.33 Å². The molecule has 1 saturated heterocycles. The van der Waals surface area contributed by atoms with Gasteiger partial charge in [0.2, 0.25) is 0 Å². The number of nitrogen functional groups attached to an aromatic ring is 1. The standard InChI is InChI=1S/C10H13N5O2S/c11-8-7-9(13-3-12-8)15(4-14-7)10-5(2-18)6(1-16)17-10/h3-6,10,16,18H,1-2H2,(H2,11,12,13)/t5-,6+,10+/m0/s1. The van der Waals surface area contributed by atoms with Crippen molar-refractivity contribution in [3.63, 3.8) is 0 Å². The molecular formula is C10H13N5O2S. The zero-order valence-corrected chi connectivity index (χ0v) is 10.4. The number of hydrogen-bond acceptors (Lipinski definition) is 7. The number of ether oxygens (including phenoxy) is 1. The summed E-state index contributed by atoms with van der Waals surface area (Å²) < 4.78 is 7.41. The molecule has 0 aromatic carbocycles. The van der Waals surface area contributed by atoms with Crippen LogP contribution in [0.1, 0.15) is 6.23 Å². The van der Waals surface area contributed by atoms with E-state index in [0.717, 1.165) is 0 Å². The molecule has 7 nitrogen and oxygen atoms in total. The van der Waals surface area contributed by atoms with E-state index in [1.807, 2.05) is 0 Å². The van der Waals surface area contributed by atoms with Crippen molar-refractivity contribution in [2.24, 2.45) is 5.92 Å². The number of nitrogens with two attached hydrogens (primary N) is 1. The first-order chi connectivity index (χ1) is 8.76. The maximum absolute atomic E-state index is 9.13. The van der Waals surface area contributed by atoms with Crippen molar-refractivity contribution >= 4 is 29.6 Å². The molecule has 18 heavy (non-hydrogen) atoms. The first kappa shape index (κ1) is 11.7. The maximum Gasteiger partial charge on any atom is 0.167 e. The fourth-order valence-electron chi connectivity index (χ4n) is 2.19. The number of imidazole rings is 1. The third-order valence-electron chi connectivity index (χ3n) is 3.21. The summed E-state index contributed by atoms with van der Waals surface area (Å²) >= 11 is 4.28. The molecule has 1 fully saturated rings. The summed E-state index contributed by atoms with van der Waals surface area (Å²) in [7, 11) is 0. The number of nitrogens with zero attached hydrogens (tertiary/aromatic N) is 4. The average Bonchev–Trinajstić information content (AvgIpc) is 2.75. The molecular weight excluding hydrogens is 254 g/mol. The smallest absolute Gasteiger partial charge is 0.167 e. The molecule has 0 amide bonds. The quantitative estimate of drug-likeness (QED) is 0.669. The van der Waals surface area contributed by atoms with Crippen molar-refractivity contribution in [3.05, 3.63) is 12.7 Å². The van der Waals surface area contributed by atoms with Gasteiger partial charge < -0.3 is 15.6 Å². The molecule has 0 aliphatic carbocycles. The van der Waals surface area contributed by atoms with E-state index in [2.05, 4.69) is 27.6 Å². The Labute approximate surface area is 108 Å². The van der Waals surface area contributed by atoms with Gasteiger partial charge in [0.25, 0.3) is 0 Å². The molecule has 3 N–H and O–H groups in total. The Morgan fingerprint density at radius 1 is 1.44 bits per heavy atom. The molecule has 8 heteroatoms. The number of aromatic nitrogens is 4. The van der Waals surface area contributed by atoms with E-state index >= 15 is 0 Å². The Hall–Kier alpha value is -1.38. The van der Waals surface area contributed by atoms with Crippen molar-refractivity contribution in [2.45, 2.75) is 12.3 Å². The summed E-state index contributed by atoms with van der Waals surface area (Å²) in [4.78, 5) is 12.2. The topological polar surface area (TPSA) is 99.1 Å². The van der Waals surface area contributed by atoms with Crippen molar-refractivity contribution < 1.29 is 9.84 Å². The van der Waals surface area contributed by atoms with E-state index in [9.17, 15) is 0 Å².